The number of hydrogen-bond donors (Lipinski definition) is 2. The van der Waals surface area contributed by atoms with Crippen LogP contribution in [0.2, 0.25) is 0 Å². The lowest BCUT2D eigenvalue weighted by atomic mass is 10.3. The molecule has 0 aromatic rings. The van der Waals surface area contributed by atoms with E-state index in [2.05, 4.69) is 6.58 Å². The maximum absolute atomic E-state index is 11.3. The van der Waals surface area contributed by atoms with Gasteiger partial charge in [0.1, 0.15) is 6.10 Å². The first-order valence-corrected chi connectivity index (χ1v) is 7.30. The van der Waals surface area contributed by atoms with Crippen LogP contribution in [0.1, 0.15) is 33.6 Å². The van der Waals surface area contributed by atoms with Gasteiger partial charge in [0.2, 0.25) is 0 Å². The highest BCUT2D eigenvalue weighted by Gasteiger charge is 2.41. The monoisotopic (exact) mass is 280 g/mol. The van der Waals surface area contributed by atoms with Crippen LogP contribution in [0.25, 0.3) is 0 Å². The first-order valence-electron chi connectivity index (χ1n) is 5.69. The van der Waals surface area contributed by atoms with Crippen LogP contribution in [0.5, 0.6) is 0 Å². The third-order valence-corrected chi connectivity index (χ3v) is 4.37. The SMILES string of the molecule is C=CC(=O)OC(C)CCOC(C)(CC)P(=O)(O)O. The molecule has 18 heavy (non-hydrogen) atoms. The van der Waals surface area contributed by atoms with Gasteiger partial charge in [-0.05, 0) is 20.3 Å². The Morgan fingerprint density at radius 3 is 2.50 bits per heavy atom. The average molecular weight is 280 g/mol. The van der Waals surface area contributed by atoms with Gasteiger partial charge in [0.25, 0.3) is 0 Å². The molecule has 6 nitrogen and oxygen atoms in total. The minimum Gasteiger partial charge on any atom is -0.459 e. The average Bonchev–Trinajstić information content (AvgIpc) is 2.26. The molecule has 106 valence electrons. The summed E-state index contributed by atoms with van der Waals surface area (Å²) in [5.74, 6) is -0.532. The molecule has 7 heteroatoms. The normalized spacial score (nSPS) is 16.7. The van der Waals surface area contributed by atoms with E-state index in [0.717, 1.165) is 6.08 Å². The molecule has 2 N–H and O–H groups in total. The lowest BCUT2D eigenvalue weighted by Gasteiger charge is -2.29. The second kappa shape index (κ2) is 7.04. The van der Waals surface area contributed by atoms with Crippen LogP contribution in [0.3, 0.4) is 0 Å². The van der Waals surface area contributed by atoms with Gasteiger partial charge in [-0.3, -0.25) is 4.57 Å². The first-order chi connectivity index (χ1) is 8.16. The van der Waals surface area contributed by atoms with Crippen molar-refractivity contribution in [1.82, 2.24) is 0 Å². The summed E-state index contributed by atoms with van der Waals surface area (Å²) in [6.07, 6.45) is 1.21. The fourth-order valence-electron chi connectivity index (χ4n) is 1.14. The smallest absolute Gasteiger partial charge is 0.356 e. The van der Waals surface area contributed by atoms with E-state index in [0.29, 0.717) is 6.42 Å². The highest BCUT2D eigenvalue weighted by Crippen LogP contribution is 2.52. The van der Waals surface area contributed by atoms with Gasteiger partial charge in [0, 0.05) is 12.5 Å². The van der Waals surface area contributed by atoms with E-state index in [1.165, 1.54) is 6.92 Å². The maximum Gasteiger partial charge on any atom is 0.356 e. The minimum atomic E-state index is -4.33. The largest absolute Gasteiger partial charge is 0.459 e. The van der Waals surface area contributed by atoms with Gasteiger partial charge in [-0.1, -0.05) is 13.5 Å². The fraction of sp³-hybridized carbons (Fsp3) is 0.727. The summed E-state index contributed by atoms with van der Waals surface area (Å²) in [5.41, 5.74) is 0. The summed E-state index contributed by atoms with van der Waals surface area (Å²) in [4.78, 5) is 29.2. The number of esters is 1. The molecular formula is C11H21O6P. The predicted octanol–water partition coefficient (Wildman–Crippen LogP) is 1.81. The van der Waals surface area contributed by atoms with Gasteiger partial charge in [-0.15, -0.1) is 0 Å². The van der Waals surface area contributed by atoms with Gasteiger partial charge in [-0.2, -0.15) is 0 Å². The van der Waals surface area contributed by atoms with Gasteiger partial charge in [0.05, 0.1) is 6.61 Å². The Bertz CT molecular complexity index is 336. The maximum atomic E-state index is 11.3. The molecule has 0 radical (unpaired) electrons. The molecule has 0 aliphatic carbocycles. The Hall–Kier alpha value is -0.680. The number of ether oxygens (including phenoxy) is 2. The molecule has 0 fully saturated rings. The van der Waals surface area contributed by atoms with Crippen LogP contribution in [-0.4, -0.2) is 33.8 Å². The van der Waals surface area contributed by atoms with E-state index in [1.54, 1.807) is 13.8 Å². The number of rotatable bonds is 8. The van der Waals surface area contributed by atoms with E-state index in [1.807, 2.05) is 0 Å². The van der Waals surface area contributed by atoms with Gasteiger partial charge >= 0.3 is 13.6 Å². The van der Waals surface area contributed by atoms with Crippen LogP contribution in [0.4, 0.5) is 0 Å². The third-order valence-electron chi connectivity index (χ3n) is 2.69. The predicted molar refractivity (Wildman–Crippen MR) is 67.1 cm³/mol. The molecule has 0 spiro atoms. The van der Waals surface area contributed by atoms with Crippen molar-refractivity contribution in [3.05, 3.63) is 12.7 Å². The van der Waals surface area contributed by atoms with Crippen LogP contribution in [0, 0.1) is 0 Å². The Morgan fingerprint density at radius 2 is 2.11 bits per heavy atom. The Kier molecular flexibility index (Phi) is 6.78. The summed E-state index contributed by atoms with van der Waals surface area (Å²) in [6, 6.07) is 0. The molecule has 0 bridgehead atoms. The molecule has 0 aliphatic heterocycles. The van der Waals surface area contributed by atoms with Gasteiger partial charge < -0.3 is 19.3 Å². The fourth-order valence-corrected chi connectivity index (χ4v) is 1.81. The van der Waals surface area contributed by atoms with E-state index in [4.69, 9.17) is 9.47 Å². The lowest BCUT2D eigenvalue weighted by Crippen LogP contribution is -2.29. The summed E-state index contributed by atoms with van der Waals surface area (Å²) in [7, 11) is -4.33. The molecule has 0 aromatic heterocycles. The number of carbonyl (C=O) groups excluding carboxylic acids is 1. The minimum absolute atomic E-state index is 0.0983. The van der Waals surface area contributed by atoms with Crippen molar-refractivity contribution in [2.45, 2.75) is 45.1 Å². The molecule has 0 aromatic carbocycles. The van der Waals surface area contributed by atoms with Gasteiger partial charge in [0.15, 0.2) is 5.34 Å². The standard InChI is InChI=1S/C11H21O6P/c1-5-10(12)17-9(3)7-8-16-11(4,6-2)18(13,14)15/h5,9H,1,6-8H2,2-4H3,(H2,13,14,15). The summed E-state index contributed by atoms with van der Waals surface area (Å²) >= 11 is 0. The highest BCUT2D eigenvalue weighted by molar-refractivity contribution is 7.53. The Labute approximate surface area is 107 Å². The summed E-state index contributed by atoms with van der Waals surface area (Å²) in [5, 5.41) is -1.49. The van der Waals surface area contributed by atoms with Crippen molar-refractivity contribution in [2.24, 2.45) is 0 Å². The molecule has 2 atom stereocenters. The van der Waals surface area contributed by atoms with Crippen LogP contribution in [0.15, 0.2) is 12.7 Å². The molecule has 0 heterocycles. The second-order valence-electron chi connectivity index (χ2n) is 4.16. The zero-order valence-corrected chi connectivity index (χ0v) is 11.9. The van der Waals surface area contributed by atoms with Crippen LogP contribution >= 0.6 is 7.60 Å². The van der Waals surface area contributed by atoms with E-state index < -0.39 is 25.0 Å². The van der Waals surface area contributed by atoms with E-state index in [9.17, 15) is 19.1 Å². The van der Waals surface area contributed by atoms with Crippen molar-refractivity contribution in [3.63, 3.8) is 0 Å². The number of carbonyl (C=O) groups is 1. The molecule has 0 saturated heterocycles. The Balaban J connectivity index is 4.21. The third kappa shape index (κ3) is 5.31. The van der Waals surface area contributed by atoms with Crippen LogP contribution in [-0.2, 0) is 18.8 Å². The zero-order valence-electron chi connectivity index (χ0n) is 11.0. The molecular weight excluding hydrogens is 259 g/mol. The second-order valence-corrected chi connectivity index (χ2v) is 6.20. The van der Waals surface area contributed by atoms with Crippen molar-refractivity contribution < 1.29 is 28.6 Å². The Morgan fingerprint density at radius 1 is 1.56 bits per heavy atom. The van der Waals surface area contributed by atoms with E-state index in [-0.39, 0.29) is 13.0 Å². The molecule has 0 amide bonds. The van der Waals surface area contributed by atoms with Crippen molar-refractivity contribution >= 4 is 13.6 Å². The van der Waals surface area contributed by atoms with Crippen molar-refractivity contribution in [2.75, 3.05) is 6.61 Å². The lowest BCUT2D eigenvalue weighted by molar-refractivity contribution is -0.143. The quantitative estimate of drug-likeness (QED) is 0.400. The number of hydrogen-bond acceptors (Lipinski definition) is 4. The van der Waals surface area contributed by atoms with Gasteiger partial charge in [-0.25, -0.2) is 4.79 Å². The topological polar surface area (TPSA) is 93.1 Å². The van der Waals surface area contributed by atoms with Crippen molar-refractivity contribution in [3.8, 4) is 0 Å². The zero-order chi connectivity index (χ0) is 14.4. The molecule has 2 unspecified atom stereocenters. The molecule has 0 rings (SSSR count). The first kappa shape index (κ1) is 17.3. The van der Waals surface area contributed by atoms with Crippen molar-refractivity contribution in [1.29, 1.82) is 0 Å². The summed E-state index contributed by atoms with van der Waals surface area (Å²) < 4.78 is 21.4. The highest BCUT2D eigenvalue weighted by atomic mass is 31.2. The molecule has 0 aliphatic rings. The van der Waals surface area contributed by atoms with Crippen LogP contribution < -0.4 is 0 Å². The molecule has 0 saturated carbocycles. The van der Waals surface area contributed by atoms with E-state index >= 15 is 0 Å². The summed E-state index contributed by atoms with van der Waals surface area (Å²) in [6.45, 7) is 8.05.